The number of aromatic nitrogens is 2. The zero-order chi connectivity index (χ0) is 21.5. The van der Waals surface area contributed by atoms with Crippen LogP contribution in [0.15, 0.2) is 48.1 Å². The van der Waals surface area contributed by atoms with Gasteiger partial charge in [0, 0.05) is 68.0 Å². The summed E-state index contributed by atoms with van der Waals surface area (Å²) in [6.45, 7) is 8.85. The van der Waals surface area contributed by atoms with Crippen LogP contribution in [0.5, 0.6) is 11.5 Å². The summed E-state index contributed by atoms with van der Waals surface area (Å²) in [5.41, 5.74) is 3.16. The van der Waals surface area contributed by atoms with Crippen molar-refractivity contribution in [2.45, 2.75) is 13.3 Å². The van der Waals surface area contributed by atoms with Crippen LogP contribution >= 0.6 is 11.3 Å². The second-order valence-corrected chi connectivity index (χ2v) is 8.68. The van der Waals surface area contributed by atoms with Crippen molar-refractivity contribution in [2.75, 3.05) is 53.0 Å². The molecule has 3 aromatic rings. The number of hydrogen-bond donors (Lipinski definition) is 0. The average Bonchev–Trinajstić information content (AvgIpc) is 3.26. The van der Waals surface area contributed by atoms with Gasteiger partial charge >= 0.3 is 0 Å². The quantitative estimate of drug-likeness (QED) is 0.506. The number of pyridine rings is 1. The number of nitrogens with zero attached hydrogens (tertiary/aromatic N) is 4. The zero-order valence-electron chi connectivity index (χ0n) is 18.3. The smallest absolute Gasteiger partial charge is 0.125 e. The molecule has 7 heteroatoms. The molecular formula is C24H30N4O2S. The van der Waals surface area contributed by atoms with E-state index in [4.69, 9.17) is 14.5 Å². The third-order valence-electron chi connectivity index (χ3n) is 5.47. The normalized spacial score (nSPS) is 15.2. The second-order valence-electron chi connectivity index (χ2n) is 7.74. The molecule has 0 unspecified atom stereocenters. The minimum absolute atomic E-state index is 0.643. The third kappa shape index (κ3) is 6.03. The summed E-state index contributed by atoms with van der Waals surface area (Å²) in [7, 11) is 2.18. The number of ether oxygens (including phenoxy) is 2. The molecule has 0 atom stereocenters. The highest BCUT2D eigenvalue weighted by atomic mass is 32.1. The van der Waals surface area contributed by atoms with Crippen LogP contribution in [0, 0.1) is 0 Å². The number of piperazine rings is 1. The highest BCUT2D eigenvalue weighted by Crippen LogP contribution is 2.27. The molecular weight excluding hydrogens is 408 g/mol. The van der Waals surface area contributed by atoms with Crippen molar-refractivity contribution < 1.29 is 9.47 Å². The van der Waals surface area contributed by atoms with Gasteiger partial charge in [0.05, 0.1) is 17.3 Å². The van der Waals surface area contributed by atoms with Crippen LogP contribution in [-0.2, 0) is 6.42 Å². The molecule has 4 rings (SSSR count). The average molecular weight is 439 g/mol. The number of rotatable bonds is 9. The molecule has 0 radical (unpaired) electrons. The third-order valence-corrected chi connectivity index (χ3v) is 6.32. The van der Waals surface area contributed by atoms with E-state index in [0.29, 0.717) is 6.61 Å². The Labute approximate surface area is 188 Å². The highest BCUT2D eigenvalue weighted by molar-refractivity contribution is 7.10. The Bertz CT molecular complexity index is 952. The summed E-state index contributed by atoms with van der Waals surface area (Å²) >= 11 is 1.67. The van der Waals surface area contributed by atoms with Crippen LogP contribution in [0.1, 0.15) is 17.5 Å². The van der Waals surface area contributed by atoms with E-state index in [1.54, 1.807) is 17.5 Å². The Kier molecular flexibility index (Phi) is 7.51. The van der Waals surface area contributed by atoms with E-state index in [-0.39, 0.29) is 0 Å². The Morgan fingerprint density at radius 2 is 1.84 bits per heavy atom. The zero-order valence-corrected chi connectivity index (χ0v) is 19.1. The van der Waals surface area contributed by atoms with E-state index in [2.05, 4.69) is 39.3 Å². The van der Waals surface area contributed by atoms with E-state index in [1.165, 1.54) is 0 Å². The molecule has 1 aliphatic heterocycles. The molecule has 1 aromatic carbocycles. The fraction of sp³-hybridized carbons (Fsp3) is 0.417. The van der Waals surface area contributed by atoms with Crippen molar-refractivity contribution in [3.63, 3.8) is 0 Å². The predicted octanol–water partition coefficient (Wildman–Crippen LogP) is 3.82. The maximum Gasteiger partial charge on any atom is 0.125 e. The number of thiazole rings is 1. The number of benzene rings is 1. The first-order chi connectivity index (χ1) is 15.2. The van der Waals surface area contributed by atoms with Crippen molar-refractivity contribution in [3.8, 4) is 22.8 Å². The SMILES string of the molecule is CCOc1ccncc1Cc1nc(-c2ccc(OCCN3CCN(C)CC3)cc2)cs1. The molecule has 1 saturated heterocycles. The lowest BCUT2D eigenvalue weighted by atomic mass is 10.1. The van der Waals surface area contributed by atoms with E-state index in [0.717, 1.165) is 79.1 Å². The first kappa shape index (κ1) is 21.7. The molecule has 2 aromatic heterocycles. The molecule has 0 aliphatic carbocycles. The van der Waals surface area contributed by atoms with E-state index < -0.39 is 0 Å². The molecule has 1 aliphatic rings. The van der Waals surface area contributed by atoms with Gasteiger partial charge in [-0.05, 0) is 44.3 Å². The lowest BCUT2D eigenvalue weighted by molar-refractivity contribution is 0.134. The first-order valence-corrected chi connectivity index (χ1v) is 11.7. The van der Waals surface area contributed by atoms with Crippen molar-refractivity contribution >= 4 is 11.3 Å². The van der Waals surface area contributed by atoms with Gasteiger partial charge in [-0.2, -0.15) is 0 Å². The van der Waals surface area contributed by atoms with E-state index in [9.17, 15) is 0 Å². The van der Waals surface area contributed by atoms with Gasteiger partial charge < -0.3 is 14.4 Å². The minimum atomic E-state index is 0.643. The minimum Gasteiger partial charge on any atom is -0.493 e. The monoisotopic (exact) mass is 438 g/mol. The Balaban J connectivity index is 1.31. The summed E-state index contributed by atoms with van der Waals surface area (Å²) in [5.74, 6) is 1.79. The van der Waals surface area contributed by atoms with Gasteiger partial charge in [-0.1, -0.05) is 0 Å². The fourth-order valence-corrected chi connectivity index (χ4v) is 4.44. The molecule has 0 amide bonds. The van der Waals surface area contributed by atoms with Gasteiger partial charge in [0.2, 0.25) is 0 Å². The largest absolute Gasteiger partial charge is 0.493 e. The van der Waals surface area contributed by atoms with Gasteiger partial charge in [-0.25, -0.2) is 4.98 Å². The van der Waals surface area contributed by atoms with Gasteiger partial charge in [0.25, 0.3) is 0 Å². The fourth-order valence-electron chi connectivity index (χ4n) is 3.62. The maximum atomic E-state index is 5.95. The van der Waals surface area contributed by atoms with Crippen molar-refractivity contribution in [1.82, 2.24) is 19.8 Å². The van der Waals surface area contributed by atoms with Gasteiger partial charge in [-0.15, -0.1) is 11.3 Å². The summed E-state index contributed by atoms with van der Waals surface area (Å²) in [5, 5.41) is 3.16. The molecule has 0 spiro atoms. The lowest BCUT2D eigenvalue weighted by Gasteiger charge is -2.32. The van der Waals surface area contributed by atoms with Gasteiger partial charge in [0.15, 0.2) is 0 Å². The number of likely N-dealkylation sites (N-methyl/N-ethyl adjacent to an activating group) is 1. The molecule has 6 nitrogen and oxygen atoms in total. The predicted molar refractivity (Wildman–Crippen MR) is 125 cm³/mol. The van der Waals surface area contributed by atoms with Gasteiger partial charge in [0.1, 0.15) is 18.1 Å². The molecule has 3 heterocycles. The van der Waals surface area contributed by atoms with E-state index >= 15 is 0 Å². The van der Waals surface area contributed by atoms with Crippen LogP contribution in [0.2, 0.25) is 0 Å². The van der Waals surface area contributed by atoms with Crippen LogP contribution < -0.4 is 9.47 Å². The standard InChI is InChI=1S/C24H30N4O2S/c1-3-29-23-8-9-25-17-20(23)16-24-26-22(18-31-24)19-4-6-21(7-5-19)30-15-14-28-12-10-27(2)11-13-28/h4-9,17-18H,3,10-16H2,1-2H3. The first-order valence-electron chi connectivity index (χ1n) is 10.9. The topological polar surface area (TPSA) is 50.7 Å². The Morgan fingerprint density at radius 1 is 1.03 bits per heavy atom. The molecule has 1 fully saturated rings. The van der Waals surface area contributed by atoms with Crippen molar-refractivity contribution in [2.24, 2.45) is 0 Å². The Hall–Kier alpha value is -2.48. The Morgan fingerprint density at radius 3 is 2.61 bits per heavy atom. The number of hydrogen-bond acceptors (Lipinski definition) is 7. The summed E-state index contributed by atoms with van der Waals surface area (Å²) in [4.78, 5) is 13.9. The van der Waals surface area contributed by atoms with Gasteiger partial charge in [-0.3, -0.25) is 9.88 Å². The van der Waals surface area contributed by atoms with Crippen molar-refractivity contribution in [3.05, 3.63) is 58.7 Å². The lowest BCUT2D eigenvalue weighted by Crippen LogP contribution is -2.45. The summed E-state index contributed by atoms with van der Waals surface area (Å²) in [6.07, 6.45) is 4.35. The molecule has 0 saturated carbocycles. The van der Waals surface area contributed by atoms with Crippen LogP contribution in [0.25, 0.3) is 11.3 Å². The summed E-state index contributed by atoms with van der Waals surface area (Å²) < 4.78 is 11.7. The maximum absolute atomic E-state index is 5.95. The van der Waals surface area contributed by atoms with E-state index in [1.807, 2.05) is 31.3 Å². The molecule has 0 N–H and O–H groups in total. The highest BCUT2D eigenvalue weighted by Gasteiger charge is 2.13. The summed E-state index contributed by atoms with van der Waals surface area (Å²) in [6, 6.07) is 10.1. The molecule has 164 valence electrons. The molecule has 0 bridgehead atoms. The van der Waals surface area contributed by atoms with Crippen LogP contribution in [-0.4, -0.2) is 72.8 Å². The molecule has 31 heavy (non-hydrogen) atoms. The van der Waals surface area contributed by atoms with Crippen LogP contribution in [0.3, 0.4) is 0 Å². The van der Waals surface area contributed by atoms with Crippen LogP contribution in [0.4, 0.5) is 0 Å². The second kappa shape index (κ2) is 10.7. The van der Waals surface area contributed by atoms with Crippen molar-refractivity contribution in [1.29, 1.82) is 0 Å².